The van der Waals surface area contributed by atoms with E-state index >= 15 is 0 Å². The number of nitrogens with zero attached hydrogens (tertiary/aromatic N) is 5. The first-order valence-electron chi connectivity index (χ1n) is 10.3. The van der Waals surface area contributed by atoms with Crippen LogP contribution in [-0.2, 0) is 11.3 Å². The molecule has 0 fully saturated rings. The Kier molecular flexibility index (Phi) is 6.75. The molecule has 0 aliphatic carbocycles. The number of hydrogen-bond acceptors (Lipinski definition) is 7. The van der Waals surface area contributed by atoms with Gasteiger partial charge in [-0.05, 0) is 48.9 Å². The molecule has 10 heteroatoms. The molecule has 0 unspecified atom stereocenters. The third-order valence-corrected chi connectivity index (χ3v) is 5.85. The number of benzene rings is 2. The number of carbonyl (C=O) groups is 1. The highest BCUT2D eigenvalue weighted by Gasteiger charge is 2.19. The number of carbonyl (C=O) groups excluding carboxylic acids is 1. The number of para-hydroxylation sites is 1. The van der Waals surface area contributed by atoms with E-state index in [2.05, 4.69) is 5.10 Å². The van der Waals surface area contributed by atoms with E-state index in [0.29, 0.717) is 36.1 Å². The lowest BCUT2D eigenvalue weighted by molar-refractivity contribution is -0.384. The lowest BCUT2D eigenvalue weighted by atomic mass is 10.2. The molecule has 0 aliphatic rings. The molecular weight excluding hydrogens is 442 g/mol. The number of amides is 1. The highest BCUT2D eigenvalue weighted by atomic mass is 32.1. The maximum Gasteiger partial charge on any atom is 0.269 e. The van der Waals surface area contributed by atoms with Crippen LogP contribution in [0.3, 0.4) is 0 Å². The van der Waals surface area contributed by atoms with Gasteiger partial charge in [-0.1, -0.05) is 17.4 Å². The first-order valence-corrected chi connectivity index (χ1v) is 11.1. The summed E-state index contributed by atoms with van der Waals surface area (Å²) < 4.78 is 8.36. The predicted octanol–water partition coefficient (Wildman–Crippen LogP) is 4.55. The lowest BCUT2D eigenvalue weighted by Crippen LogP contribution is -2.32. The average Bonchev–Trinajstić information content (AvgIpc) is 3.49. The molecule has 0 saturated heterocycles. The molecule has 0 atom stereocenters. The quantitative estimate of drug-likeness (QED) is 0.205. The van der Waals surface area contributed by atoms with E-state index < -0.39 is 4.92 Å². The average molecular weight is 464 g/mol. The number of nitro groups is 1. The number of rotatable bonds is 9. The molecule has 9 nitrogen and oxygen atoms in total. The summed E-state index contributed by atoms with van der Waals surface area (Å²) >= 11 is 1.41. The van der Waals surface area contributed by atoms with Gasteiger partial charge >= 0.3 is 0 Å². The first kappa shape index (κ1) is 22.2. The molecule has 0 bridgehead atoms. The highest BCUT2D eigenvalue weighted by molar-refractivity contribution is 7.22. The van der Waals surface area contributed by atoms with Crippen LogP contribution in [0.1, 0.15) is 12.5 Å². The topological polar surface area (TPSA) is 103 Å². The van der Waals surface area contributed by atoms with Gasteiger partial charge in [0, 0.05) is 37.1 Å². The van der Waals surface area contributed by atoms with Crippen molar-refractivity contribution in [2.45, 2.75) is 13.5 Å². The van der Waals surface area contributed by atoms with Crippen molar-refractivity contribution in [1.29, 1.82) is 0 Å². The largest absolute Gasteiger partial charge is 0.492 e. The van der Waals surface area contributed by atoms with E-state index in [-0.39, 0.29) is 11.6 Å². The summed E-state index contributed by atoms with van der Waals surface area (Å²) in [6, 6.07) is 13.5. The monoisotopic (exact) mass is 463 g/mol. The van der Waals surface area contributed by atoms with Crippen LogP contribution in [-0.4, -0.2) is 38.7 Å². The van der Waals surface area contributed by atoms with Gasteiger partial charge in [-0.25, -0.2) is 4.98 Å². The van der Waals surface area contributed by atoms with Gasteiger partial charge in [0.15, 0.2) is 5.13 Å². The molecule has 1 amide bonds. The van der Waals surface area contributed by atoms with Gasteiger partial charge in [0.1, 0.15) is 11.3 Å². The summed E-state index contributed by atoms with van der Waals surface area (Å²) in [6.45, 7) is 3.30. The molecule has 168 valence electrons. The van der Waals surface area contributed by atoms with Crippen LogP contribution < -0.4 is 9.64 Å². The zero-order valence-corrected chi connectivity index (χ0v) is 18.6. The fourth-order valence-electron chi connectivity index (χ4n) is 3.20. The summed E-state index contributed by atoms with van der Waals surface area (Å²) in [4.78, 5) is 29.9. The molecular formula is C23H21N5O4S. The molecule has 33 heavy (non-hydrogen) atoms. The maximum absolute atomic E-state index is 13.2. The van der Waals surface area contributed by atoms with Crippen LogP contribution in [0.15, 0.2) is 67.0 Å². The Morgan fingerprint density at radius 2 is 2.06 bits per heavy atom. The smallest absolute Gasteiger partial charge is 0.269 e. The molecule has 4 aromatic rings. The normalized spacial score (nSPS) is 11.2. The summed E-state index contributed by atoms with van der Waals surface area (Å²) in [5.41, 5.74) is 1.40. The van der Waals surface area contributed by atoms with Crippen molar-refractivity contribution in [2.75, 3.05) is 18.1 Å². The number of non-ortho nitro benzene ring substituents is 1. The Balaban J connectivity index is 1.61. The fraction of sp³-hybridized carbons (Fsp3) is 0.174. The van der Waals surface area contributed by atoms with Crippen molar-refractivity contribution in [1.82, 2.24) is 14.8 Å². The van der Waals surface area contributed by atoms with Gasteiger partial charge in [0.25, 0.3) is 11.6 Å². The zero-order valence-electron chi connectivity index (χ0n) is 17.8. The van der Waals surface area contributed by atoms with E-state index in [0.717, 1.165) is 10.2 Å². The third-order valence-electron chi connectivity index (χ3n) is 4.80. The van der Waals surface area contributed by atoms with E-state index in [4.69, 9.17) is 9.72 Å². The first-order chi connectivity index (χ1) is 16.0. The van der Waals surface area contributed by atoms with Gasteiger partial charge in [-0.15, -0.1) is 0 Å². The van der Waals surface area contributed by atoms with E-state index in [1.165, 1.54) is 29.5 Å². The number of fused-ring (bicyclic) bond motifs is 1. The van der Waals surface area contributed by atoms with Crippen LogP contribution in [0, 0.1) is 10.1 Å². The van der Waals surface area contributed by atoms with Crippen molar-refractivity contribution in [3.05, 3.63) is 82.7 Å². The van der Waals surface area contributed by atoms with Crippen LogP contribution in [0.2, 0.25) is 0 Å². The SMILES string of the molecule is CCOc1cccc2sc(N(CCn3cccn3)C(=O)/C=C/c3ccc([N+](=O)[O-])cc3)nc12. The summed E-state index contributed by atoms with van der Waals surface area (Å²) in [5, 5.41) is 15.6. The minimum absolute atomic E-state index is 0.00102. The summed E-state index contributed by atoms with van der Waals surface area (Å²) in [6.07, 6.45) is 6.60. The second kappa shape index (κ2) is 10.0. The molecule has 0 aliphatic heterocycles. The van der Waals surface area contributed by atoms with Crippen molar-refractivity contribution in [2.24, 2.45) is 0 Å². The Morgan fingerprint density at radius 3 is 2.76 bits per heavy atom. The Hall–Kier alpha value is -4.05. The van der Waals surface area contributed by atoms with Gasteiger partial charge in [0.2, 0.25) is 0 Å². The lowest BCUT2D eigenvalue weighted by Gasteiger charge is -2.18. The molecule has 4 rings (SSSR count). The molecule has 2 heterocycles. The van der Waals surface area contributed by atoms with Crippen molar-refractivity contribution in [3.63, 3.8) is 0 Å². The van der Waals surface area contributed by atoms with Crippen LogP contribution in [0.4, 0.5) is 10.8 Å². The van der Waals surface area contributed by atoms with E-state index in [1.54, 1.807) is 34.0 Å². The van der Waals surface area contributed by atoms with Crippen LogP contribution in [0.25, 0.3) is 16.3 Å². The zero-order chi connectivity index (χ0) is 23.2. The number of aromatic nitrogens is 3. The van der Waals surface area contributed by atoms with Gasteiger partial charge in [-0.3, -0.25) is 24.5 Å². The maximum atomic E-state index is 13.2. The Bertz CT molecular complexity index is 1280. The van der Waals surface area contributed by atoms with Gasteiger partial charge < -0.3 is 4.74 Å². The second-order valence-corrected chi connectivity index (χ2v) is 7.98. The molecule has 0 spiro atoms. The van der Waals surface area contributed by atoms with E-state index in [1.807, 2.05) is 37.4 Å². The van der Waals surface area contributed by atoms with Crippen LogP contribution >= 0.6 is 11.3 Å². The van der Waals surface area contributed by atoms with Crippen molar-refractivity contribution < 1.29 is 14.5 Å². The molecule has 0 radical (unpaired) electrons. The van der Waals surface area contributed by atoms with Gasteiger partial charge in [-0.2, -0.15) is 5.10 Å². The minimum atomic E-state index is -0.459. The number of hydrogen-bond donors (Lipinski definition) is 0. The number of anilines is 1. The fourth-order valence-corrected chi connectivity index (χ4v) is 4.21. The Labute approximate surface area is 193 Å². The number of ether oxygens (including phenoxy) is 1. The summed E-state index contributed by atoms with van der Waals surface area (Å²) in [7, 11) is 0. The predicted molar refractivity (Wildman–Crippen MR) is 127 cm³/mol. The summed E-state index contributed by atoms with van der Waals surface area (Å²) in [5.74, 6) is 0.427. The Morgan fingerprint density at radius 1 is 1.24 bits per heavy atom. The van der Waals surface area contributed by atoms with Gasteiger partial charge in [0.05, 0.1) is 22.8 Å². The van der Waals surface area contributed by atoms with Crippen molar-refractivity contribution >= 4 is 44.4 Å². The third kappa shape index (κ3) is 5.24. The standard InChI is InChI=1S/C23H21N5O4S/c1-2-32-19-5-3-6-20-22(19)25-23(33-20)27(16-15-26-14-4-13-24-26)21(29)12-9-17-7-10-18(11-8-17)28(30)31/h3-14H,2,15-16H2,1H3/b12-9+. The number of nitro benzene ring substituents is 1. The molecule has 0 saturated carbocycles. The highest BCUT2D eigenvalue weighted by Crippen LogP contribution is 2.34. The molecule has 2 aromatic carbocycles. The minimum Gasteiger partial charge on any atom is -0.492 e. The number of thiazole rings is 1. The molecule has 2 aromatic heterocycles. The van der Waals surface area contributed by atoms with E-state index in [9.17, 15) is 14.9 Å². The van der Waals surface area contributed by atoms with Crippen molar-refractivity contribution in [3.8, 4) is 5.75 Å². The van der Waals surface area contributed by atoms with Crippen LogP contribution in [0.5, 0.6) is 5.75 Å². The second-order valence-electron chi connectivity index (χ2n) is 6.97. The molecule has 0 N–H and O–H groups in total.